The van der Waals surface area contributed by atoms with E-state index in [1.807, 2.05) is 19.0 Å². The van der Waals surface area contributed by atoms with Crippen LogP contribution in [0.2, 0.25) is 10.0 Å². The summed E-state index contributed by atoms with van der Waals surface area (Å²) in [5, 5.41) is 5.06. The highest BCUT2D eigenvalue weighted by Crippen LogP contribution is 2.34. The van der Waals surface area contributed by atoms with Crippen molar-refractivity contribution >= 4 is 35.0 Å². The monoisotopic (exact) mass is 441 g/mol. The van der Waals surface area contributed by atoms with Gasteiger partial charge < -0.3 is 14.4 Å². The molecule has 0 N–H and O–H groups in total. The van der Waals surface area contributed by atoms with Gasteiger partial charge in [-0.05, 0) is 52.1 Å². The van der Waals surface area contributed by atoms with Crippen molar-refractivity contribution in [1.82, 2.24) is 14.7 Å². The average Bonchev–Trinajstić information content (AvgIpc) is 2.93. The summed E-state index contributed by atoms with van der Waals surface area (Å²) in [6.45, 7) is 5.78. The second-order valence-corrected chi connectivity index (χ2v) is 7.78. The average molecular weight is 442 g/mol. The Balaban J connectivity index is 2.27. The van der Waals surface area contributed by atoms with E-state index in [4.69, 9.17) is 32.7 Å². The van der Waals surface area contributed by atoms with Gasteiger partial charge in [-0.3, -0.25) is 4.79 Å². The molecule has 0 aliphatic rings. The van der Waals surface area contributed by atoms with Gasteiger partial charge in [0.2, 0.25) is 11.7 Å². The molecule has 2 rings (SSSR count). The van der Waals surface area contributed by atoms with Gasteiger partial charge in [-0.25, -0.2) is 9.48 Å². The molecule has 0 spiro atoms. The van der Waals surface area contributed by atoms with E-state index in [-0.39, 0.29) is 35.5 Å². The van der Waals surface area contributed by atoms with Gasteiger partial charge >= 0.3 is 5.97 Å². The van der Waals surface area contributed by atoms with E-state index in [0.29, 0.717) is 28.4 Å². The van der Waals surface area contributed by atoms with Crippen molar-refractivity contribution < 1.29 is 19.1 Å². The smallest absolute Gasteiger partial charge is 0.344 e. The van der Waals surface area contributed by atoms with Gasteiger partial charge in [0, 0.05) is 24.2 Å². The molecule has 0 aliphatic heterocycles. The number of ether oxygens (including phenoxy) is 2. The molecule has 1 heterocycles. The molecule has 7 nitrogen and oxygen atoms in total. The summed E-state index contributed by atoms with van der Waals surface area (Å²) in [6, 6.07) is 1.64. The van der Waals surface area contributed by atoms with E-state index >= 15 is 0 Å². The molecular formula is C20H25Cl2N3O4. The molecule has 0 bridgehead atoms. The first-order chi connectivity index (χ1) is 13.5. The summed E-state index contributed by atoms with van der Waals surface area (Å²) < 4.78 is 12.1. The van der Waals surface area contributed by atoms with Crippen LogP contribution in [-0.4, -0.2) is 60.3 Å². The Labute approximate surface area is 180 Å². The van der Waals surface area contributed by atoms with Gasteiger partial charge in [0.25, 0.3) is 0 Å². The van der Waals surface area contributed by atoms with Crippen molar-refractivity contribution in [3.63, 3.8) is 0 Å². The van der Waals surface area contributed by atoms with Crippen LogP contribution in [0.15, 0.2) is 6.07 Å². The molecule has 1 aromatic heterocycles. The molecule has 158 valence electrons. The predicted molar refractivity (Wildman–Crippen MR) is 112 cm³/mol. The van der Waals surface area contributed by atoms with E-state index in [1.54, 1.807) is 33.9 Å². The Morgan fingerprint density at radius 2 is 1.83 bits per heavy atom. The number of ketones is 1. The number of hydrogen-bond acceptors (Lipinski definition) is 6. The first kappa shape index (κ1) is 23.2. The van der Waals surface area contributed by atoms with Crippen LogP contribution in [0.25, 0.3) is 0 Å². The van der Waals surface area contributed by atoms with Crippen LogP contribution < -0.4 is 4.74 Å². The summed E-state index contributed by atoms with van der Waals surface area (Å²) in [7, 11) is 5.40. The van der Waals surface area contributed by atoms with Crippen molar-refractivity contribution in [1.29, 1.82) is 0 Å². The fraction of sp³-hybridized carbons (Fsp3) is 0.450. The van der Waals surface area contributed by atoms with Gasteiger partial charge in [0.1, 0.15) is 12.2 Å². The van der Waals surface area contributed by atoms with Gasteiger partial charge in [0.15, 0.2) is 6.61 Å². The van der Waals surface area contributed by atoms with Gasteiger partial charge in [-0.15, -0.1) is 0 Å². The predicted octanol–water partition coefficient (Wildman–Crippen LogP) is 3.37. The zero-order valence-corrected chi connectivity index (χ0v) is 18.9. The quantitative estimate of drug-likeness (QED) is 0.461. The van der Waals surface area contributed by atoms with Crippen LogP contribution in [0.4, 0.5) is 0 Å². The Morgan fingerprint density at radius 3 is 2.45 bits per heavy atom. The molecular weight excluding hydrogens is 417 g/mol. The molecule has 0 fully saturated rings. The van der Waals surface area contributed by atoms with E-state index in [0.717, 1.165) is 5.56 Å². The van der Waals surface area contributed by atoms with Crippen LogP contribution in [0.1, 0.15) is 32.7 Å². The zero-order valence-electron chi connectivity index (χ0n) is 17.4. The number of hydrogen-bond donors (Lipinski definition) is 0. The minimum Gasteiger partial charge on any atom is -0.465 e. The number of aryl methyl sites for hydroxylation is 3. The van der Waals surface area contributed by atoms with Crippen molar-refractivity contribution in [3.8, 4) is 5.88 Å². The first-order valence-corrected chi connectivity index (χ1v) is 9.76. The number of likely N-dealkylation sites (N-methyl/N-ethyl adjacent to an activating group) is 1. The lowest BCUT2D eigenvalue weighted by molar-refractivity contribution is -0.146. The number of carbonyl (C=O) groups is 2. The van der Waals surface area contributed by atoms with E-state index in [9.17, 15) is 9.59 Å². The third kappa shape index (κ3) is 5.29. The van der Waals surface area contributed by atoms with E-state index < -0.39 is 5.97 Å². The van der Waals surface area contributed by atoms with Gasteiger partial charge in [-0.1, -0.05) is 23.2 Å². The van der Waals surface area contributed by atoms with Crippen molar-refractivity contribution in [3.05, 3.63) is 44.1 Å². The standard InChI is InChI=1S/C20H25Cl2N3O4/c1-11-9-14(18(22)12(2)17(11)21)19(27)16-13(3)23-25(6)20(16)29-10-15(26)28-8-7-24(4)5/h9H,7-8,10H2,1-6H3. The fourth-order valence-corrected chi connectivity index (χ4v) is 3.24. The summed E-state index contributed by atoms with van der Waals surface area (Å²) in [5.41, 5.74) is 2.39. The highest BCUT2D eigenvalue weighted by atomic mass is 35.5. The van der Waals surface area contributed by atoms with Crippen molar-refractivity contribution in [2.24, 2.45) is 7.05 Å². The summed E-state index contributed by atoms with van der Waals surface area (Å²) in [4.78, 5) is 27.1. The van der Waals surface area contributed by atoms with Crippen LogP contribution >= 0.6 is 23.2 Å². The summed E-state index contributed by atoms with van der Waals surface area (Å²) >= 11 is 12.6. The third-order valence-electron chi connectivity index (χ3n) is 4.37. The second kappa shape index (κ2) is 9.61. The minimum atomic E-state index is -0.527. The van der Waals surface area contributed by atoms with E-state index in [1.165, 1.54) is 4.68 Å². The number of rotatable bonds is 8. The minimum absolute atomic E-state index is 0.179. The lowest BCUT2D eigenvalue weighted by atomic mass is 9.99. The van der Waals surface area contributed by atoms with Crippen LogP contribution in [0.5, 0.6) is 5.88 Å². The molecule has 2 aromatic rings. The topological polar surface area (TPSA) is 73.7 Å². The maximum absolute atomic E-state index is 13.2. The highest BCUT2D eigenvalue weighted by Gasteiger charge is 2.26. The molecule has 0 atom stereocenters. The molecule has 9 heteroatoms. The first-order valence-electron chi connectivity index (χ1n) is 9.01. The highest BCUT2D eigenvalue weighted by molar-refractivity contribution is 6.39. The lowest BCUT2D eigenvalue weighted by Crippen LogP contribution is -2.23. The van der Waals surface area contributed by atoms with E-state index in [2.05, 4.69) is 5.10 Å². The Morgan fingerprint density at radius 1 is 1.17 bits per heavy atom. The number of nitrogens with zero attached hydrogens (tertiary/aromatic N) is 3. The second-order valence-electron chi connectivity index (χ2n) is 7.02. The fourth-order valence-electron chi connectivity index (χ4n) is 2.81. The van der Waals surface area contributed by atoms with Gasteiger partial charge in [0.05, 0.1) is 10.7 Å². The maximum atomic E-state index is 13.2. The summed E-state index contributed by atoms with van der Waals surface area (Å²) in [5.74, 6) is -0.696. The Kier molecular flexibility index (Phi) is 7.68. The molecule has 0 amide bonds. The lowest BCUT2D eigenvalue weighted by Gasteiger charge is -2.13. The van der Waals surface area contributed by atoms with Crippen LogP contribution in [0, 0.1) is 20.8 Å². The molecule has 0 radical (unpaired) electrons. The molecule has 29 heavy (non-hydrogen) atoms. The maximum Gasteiger partial charge on any atom is 0.344 e. The number of carbonyl (C=O) groups excluding carboxylic acids is 2. The zero-order chi connectivity index (χ0) is 21.9. The Bertz CT molecular complexity index is 939. The molecule has 0 saturated carbocycles. The van der Waals surface area contributed by atoms with Crippen molar-refractivity contribution in [2.45, 2.75) is 20.8 Å². The van der Waals surface area contributed by atoms with Crippen molar-refractivity contribution in [2.75, 3.05) is 33.9 Å². The van der Waals surface area contributed by atoms with Gasteiger partial charge in [-0.2, -0.15) is 5.10 Å². The number of aromatic nitrogens is 2. The summed E-state index contributed by atoms with van der Waals surface area (Å²) in [6.07, 6.45) is 0. The molecule has 1 aromatic carbocycles. The molecule has 0 unspecified atom stereocenters. The molecule has 0 aliphatic carbocycles. The Hall–Kier alpha value is -2.09. The largest absolute Gasteiger partial charge is 0.465 e. The van der Waals surface area contributed by atoms with Crippen LogP contribution in [0.3, 0.4) is 0 Å². The number of esters is 1. The third-order valence-corrected chi connectivity index (χ3v) is 5.44. The number of halogens is 2. The van der Waals surface area contributed by atoms with Crippen LogP contribution in [-0.2, 0) is 16.6 Å². The number of benzene rings is 1. The SMILES string of the molecule is Cc1cc(C(=O)c2c(C)nn(C)c2OCC(=O)OCCN(C)C)c(Cl)c(C)c1Cl. The normalized spacial score (nSPS) is 11.1. The molecule has 0 saturated heterocycles.